The largest absolute Gasteiger partial charge is 0.444 e. The normalized spacial score (nSPS) is 14.8. The molecule has 1 aliphatic heterocycles. The summed E-state index contributed by atoms with van der Waals surface area (Å²) in [5, 5.41) is 6.39. The molecule has 0 bridgehead atoms. The number of hydrogen-bond donors (Lipinski definition) is 2. The number of nitrogens with zero attached hydrogens (tertiary/aromatic N) is 2. The number of rotatable bonds is 8. The molecule has 0 saturated carbocycles. The molecular weight excluding hydrogens is 499 g/mol. The van der Waals surface area contributed by atoms with Crippen molar-refractivity contribution in [3.8, 4) is 11.1 Å². The highest BCUT2D eigenvalue weighted by Gasteiger charge is 2.32. The summed E-state index contributed by atoms with van der Waals surface area (Å²) >= 11 is 0. The summed E-state index contributed by atoms with van der Waals surface area (Å²) in [5.41, 5.74) is 3.66. The first-order chi connectivity index (χ1) is 18.9. The van der Waals surface area contributed by atoms with Gasteiger partial charge in [-0.05, 0) is 41.5 Å². The minimum Gasteiger partial charge on any atom is -0.444 e. The van der Waals surface area contributed by atoms with E-state index in [0.717, 1.165) is 16.5 Å². The molecule has 2 heterocycles. The van der Waals surface area contributed by atoms with E-state index in [-0.39, 0.29) is 24.5 Å². The number of ether oxygens (including phenoxy) is 1. The number of pyridine rings is 1. The van der Waals surface area contributed by atoms with Gasteiger partial charge < -0.3 is 15.4 Å². The van der Waals surface area contributed by atoms with Crippen molar-refractivity contribution in [1.29, 1.82) is 0 Å². The molecule has 1 saturated heterocycles. The van der Waals surface area contributed by atoms with Crippen molar-refractivity contribution in [1.82, 2.24) is 15.6 Å². The Morgan fingerprint density at radius 1 is 1.05 bits per heavy atom. The van der Waals surface area contributed by atoms with Crippen molar-refractivity contribution in [2.45, 2.75) is 26.0 Å². The van der Waals surface area contributed by atoms with E-state index in [4.69, 9.17) is 4.74 Å². The fourth-order valence-electron chi connectivity index (χ4n) is 4.57. The third-order valence-electron chi connectivity index (χ3n) is 6.59. The summed E-state index contributed by atoms with van der Waals surface area (Å²) in [4.78, 5) is 41.8. The lowest BCUT2D eigenvalue weighted by Gasteiger charge is -2.15. The number of nitrogens with one attached hydrogen (secondary N) is 2. The molecule has 0 spiro atoms. The number of hydrogen-bond acceptors (Lipinski definition) is 5. The number of cyclic esters (lactones) is 1. The molecular formula is C30H27FN4O4. The molecule has 0 aliphatic carbocycles. The third-order valence-corrected chi connectivity index (χ3v) is 6.59. The van der Waals surface area contributed by atoms with Crippen LogP contribution in [0.1, 0.15) is 29.3 Å². The van der Waals surface area contributed by atoms with Gasteiger partial charge in [0.1, 0.15) is 11.9 Å². The topological polar surface area (TPSA) is 101 Å². The highest BCUT2D eigenvalue weighted by Crippen LogP contribution is 2.30. The van der Waals surface area contributed by atoms with E-state index in [0.29, 0.717) is 41.9 Å². The molecule has 4 aromatic rings. The second-order valence-electron chi connectivity index (χ2n) is 9.31. The fraction of sp³-hybridized carbons (Fsp3) is 0.200. The second-order valence-corrected chi connectivity index (χ2v) is 9.31. The molecule has 3 aromatic carbocycles. The number of para-hydroxylation sites is 1. The first kappa shape index (κ1) is 25.8. The van der Waals surface area contributed by atoms with Gasteiger partial charge in [-0.2, -0.15) is 0 Å². The van der Waals surface area contributed by atoms with Crippen LogP contribution < -0.4 is 15.5 Å². The smallest absolute Gasteiger partial charge is 0.414 e. The molecule has 1 aromatic heterocycles. The Labute approximate surface area is 224 Å². The van der Waals surface area contributed by atoms with Crippen molar-refractivity contribution < 1.29 is 23.5 Å². The standard InChI is InChI=1S/C30H27FN4O4/c1-19(36)32-14-12-23-18-35(30(38)39-23)22-10-11-24(27(31)16-22)21-8-6-20(7-9-21)17-34-29(37)26-13-15-33-28-5-3-2-4-25(26)28/h2-11,13,15-16,23H,12,14,17-18H2,1H3,(H,32,36)(H,34,37)/t23-/m0/s1. The molecule has 39 heavy (non-hydrogen) atoms. The quantitative estimate of drug-likeness (QED) is 0.343. The summed E-state index contributed by atoms with van der Waals surface area (Å²) in [6.45, 7) is 2.42. The molecule has 8 nitrogen and oxygen atoms in total. The SMILES string of the molecule is CC(=O)NCC[C@H]1CN(c2ccc(-c3ccc(CNC(=O)c4ccnc5ccccc45)cc3)c(F)c2)C(=O)O1. The van der Waals surface area contributed by atoms with Gasteiger partial charge in [0, 0.05) is 43.6 Å². The molecule has 0 radical (unpaired) electrons. The average molecular weight is 527 g/mol. The Morgan fingerprint density at radius 2 is 1.85 bits per heavy atom. The van der Waals surface area contributed by atoms with E-state index in [2.05, 4.69) is 15.6 Å². The van der Waals surface area contributed by atoms with Crippen LogP contribution in [-0.4, -0.2) is 42.1 Å². The number of aromatic nitrogens is 1. The molecule has 3 amide bonds. The van der Waals surface area contributed by atoms with Crippen molar-refractivity contribution in [2.24, 2.45) is 0 Å². The number of amides is 3. The maximum Gasteiger partial charge on any atom is 0.414 e. The van der Waals surface area contributed by atoms with Gasteiger partial charge in [-0.15, -0.1) is 0 Å². The Kier molecular flexibility index (Phi) is 7.49. The average Bonchev–Trinajstić information content (AvgIpc) is 3.31. The van der Waals surface area contributed by atoms with Crippen LogP contribution in [0.5, 0.6) is 0 Å². The van der Waals surface area contributed by atoms with Crippen LogP contribution in [-0.2, 0) is 16.1 Å². The summed E-state index contributed by atoms with van der Waals surface area (Å²) in [7, 11) is 0. The summed E-state index contributed by atoms with van der Waals surface area (Å²) in [6.07, 6.45) is 1.18. The van der Waals surface area contributed by atoms with Crippen molar-refractivity contribution in [2.75, 3.05) is 18.0 Å². The number of halogens is 1. The minimum atomic E-state index is -0.541. The lowest BCUT2D eigenvalue weighted by atomic mass is 10.0. The zero-order chi connectivity index (χ0) is 27.4. The van der Waals surface area contributed by atoms with Crippen molar-refractivity contribution in [3.63, 3.8) is 0 Å². The van der Waals surface area contributed by atoms with E-state index >= 15 is 4.39 Å². The zero-order valence-corrected chi connectivity index (χ0v) is 21.3. The Hall–Kier alpha value is -4.79. The Morgan fingerprint density at radius 3 is 2.62 bits per heavy atom. The zero-order valence-electron chi connectivity index (χ0n) is 21.3. The number of anilines is 1. The van der Waals surface area contributed by atoms with E-state index in [1.165, 1.54) is 17.9 Å². The summed E-state index contributed by atoms with van der Waals surface area (Å²) in [5.74, 6) is -0.810. The molecule has 1 fully saturated rings. The molecule has 9 heteroatoms. The van der Waals surface area contributed by atoms with Gasteiger partial charge in [-0.3, -0.25) is 19.5 Å². The lowest BCUT2D eigenvalue weighted by molar-refractivity contribution is -0.119. The van der Waals surface area contributed by atoms with Crippen LogP contribution in [0.3, 0.4) is 0 Å². The maximum absolute atomic E-state index is 15.1. The van der Waals surface area contributed by atoms with Crippen LogP contribution in [0.15, 0.2) is 79.0 Å². The van der Waals surface area contributed by atoms with Crippen molar-refractivity contribution >= 4 is 34.5 Å². The Balaban J connectivity index is 1.21. The van der Waals surface area contributed by atoms with Crippen molar-refractivity contribution in [3.05, 3.63) is 95.9 Å². The van der Waals surface area contributed by atoms with E-state index in [9.17, 15) is 14.4 Å². The van der Waals surface area contributed by atoms with Gasteiger partial charge in [-0.1, -0.05) is 42.5 Å². The summed E-state index contributed by atoms with van der Waals surface area (Å²) in [6, 6.07) is 21.1. The first-order valence-electron chi connectivity index (χ1n) is 12.6. The van der Waals surface area contributed by atoms with Crippen LogP contribution in [0, 0.1) is 5.82 Å². The van der Waals surface area contributed by atoms with Crippen LogP contribution >= 0.6 is 0 Å². The maximum atomic E-state index is 15.1. The van der Waals surface area contributed by atoms with E-state index in [1.54, 1.807) is 36.5 Å². The second kappa shape index (κ2) is 11.3. The van der Waals surface area contributed by atoms with Crippen LogP contribution in [0.2, 0.25) is 0 Å². The molecule has 0 unspecified atom stereocenters. The molecule has 198 valence electrons. The highest BCUT2D eigenvalue weighted by atomic mass is 19.1. The van der Waals surface area contributed by atoms with Gasteiger partial charge >= 0.3 is 6.09 Å². The minimum absolute atomic E-state index is 0.148. The summed E-state index contributed by atoms with van der Waals surface area (Å²) < 4.78 is 20.4. The van der Waals surface area contributed by atoms with Crippen LogP contribution in [0.4, 0.5) is 14.9 Å². The van der Waals surface area contributed by atoms with Gasteiger partial charge in [-0.25, -0.2) is 9.18 Å². The predicted molar refractivity (Wildman–Crippen MR) is 146 cm³/mol. The van der Waals surface area contributed by atoms with Gasteiger partial charge in [0.25, 0.3) is 5.91 Å². The van der Waals surface area contributed by atoms with Crippen LogP contribution in [0.25, 0.3) is 22.0 Å². The fourth-order valence-corrected chi connectivity index (χ4v) is 4.57. The van der Waals surface area contributed by atoms with E-state index in [1.807, 2.05) is 36.4 Å². The number of benzene rings is 3. The number of fused-ring (bicyclic) bond motifs is 1. The molecule has 5 rings (SSSR count). The number of carbonyl (C=O) groups is 3. The van der Waals surface area contributed by atoms with Gasteiger partial charge in [0.05, 0.1) is 23.3 Å². The van der Waals surface area contributed by atoms with E-state index < -0.39 is 11.9 Å². The monoisotopic (exact) mass is 526 g/mol. The highest BCUT2D eigenvalue weighted by molar-refractivity contribution is 6.05. The molecule has 2 N–H and O–H groups in total. The lowest BCUT2D eigenvalue weighted by Crippen LogP contribution is -2.27. The first-order valence-corrected chi connectivity index (χ1v) is 12.6. The molecule has 1 atom stereocenters. The Bertz CT molecular complexity index is 1530. The number of carbonyl (C=O) groups excluding carboxylic acids is 3. The third kappa shape index (κ3) is 5.87. The predicted octanol–water partition coefficient (Wildman–Crippen LogP) is 4.82. The molecule has 1 aliphatic rings. The van der Waals surface area contributed by atoms with Gasteiger partial charge in [0.2, 0.25) is 5.91 Å². The van der Waals surface area contributed by atoms with Gasteiger partial charge in [0.15, 0.2) is 0 Å².